The predicted molar refractivity (Wildman–Crippen MR) is 96.1 cm³/mol. The number of hydrogen-bond donors (Lipinski definition) is 3. The zero-order valence-corrected chi connectivity index (χ0v) is 13.9. The minimum absolute atomic E-state index is 0.00891. The molecule has 0 heterocycles. The lowest BCUT2D eigenvalue weighted by Crippen LogP contribution is -2.24. The van der Waals surface area contributed by atoms with E-state index in [1.54, 1.807) is 6.08 Å². The molecule has 0 bridgehead atoms. The smallest absolute Gasteiger partial charge is 0.407 e. The summed E-state index contributed by atoms with van der Waals surface area (Å²) in [4.78, 5) is 22.6. The van der Waals surface area contributed by atoms with Crippen LogP contribution in [-0.2, 0) is 11.3 Å². The van der Waals surface area contributed by atoms with Crippen molar-refractivity contribution in [1.82, 2.24) is 5.32 Å². The molecule has 0 atom stereocenters. The molecule has 0 aliphatic rings. The number of benzene rings is 2. The first-order chi connectivity index (χ1) is 12.5. The third-order valence-corrected chi connectivity index (χ3v) is 3.50. The number of nitrogens with one attached hydrogen (secondary N) is 1. The Bertz CT molecular complexity index is 807. The number of anilines is 1. The Labute approximate surface area is 150 Å². The van der Waals surface area contributed by atoms with Crippen LogP contribution in [0.15, 0.2) is 48.5 Å². The number of rotatable bonds is 7. The lowest BCUT2D eigenvalue weighted by molar-refractivity contribution is 0.0697. The first kappa shape index (κ1) is 19.0. The number of carboxylic acid groups (broad SMARTS) is 1. The lowest BCUT2D eigenvalue weighted by atomic mass is 10.1. The molecule has 0 saturated heterocycles. The number of carboxylic acids is 1. The summed E-state index contributed by atoms with van der Waals surface area (Å²) in [6, 6.07) is 11.3. The molecule has 136 valence electrons. The molecular formula is C19H19FN2O4. The van der Waals surface area contributed by atoms with E-state index in [0.29, 0.717) is 13.0 Å². The number of amides is 1. The number of nitrogens with two attached hydrogens (primary N) is 1. The van der Waals surface area contributed by atoms with Crippen LogP contribution in [0.25, 0.3) is 6.08 Å². The van der Waals surface area contributed by atoms with Gasteiger partial charge in [0.2, 0.25) is 0 Å². The third-order valence-electron chi connectivity index (χ3n) is 3.50. The maximum atomic E-state index is 13.4. The number of aromatic carboxylic acids is 1. The zero-order valence-electron chi connectivity index (χ0n) is 13.9. The van der Waals surface area contributed by atoms with Crippen LogP contribution in [0.5, 0.6) is 0 Å². The van der Waals surface area contributed by atoms with E-state index in [1.807, 2.05) is 30.3 Å². The number of hydrogen-bond acceptors (Lipinski definition) is 4. The molecule has 26 heavy (non-hydrogen) atoms. The number of nitrogen functional groups attached to an aromatic ring is 1. The van der Waals surface area contributed by atoms with Crippen molar-refractivity contribution in [2.45, 2.75) is 13.0 Å². The Balaban J connectivity index is 1.79. The summed E-state index contributed by atoms with van der Waals surface area (Å²) in [5.74, 6) is -1.97. The van der Waals surface area contributed by atoms with Crippen molar-refractivity contribution in [3.8, 4) is 0 Å². The van der Waals surface area contributed by atoms with E-state index in [4.69, 9.17) is 15.6 Å². The number of carbonyl (C=O) groups excluding carboxylic acids is 1. The molecule has 0 unspecified atom stereocenters. The second-order valence-corrected chi connectivity index (χ2v) is 5.44. The minimum Gasteiger partial charge on any atom is -0.478 e. The standard InChI is InChI=1S/C19H19FN2O4/c20-15-10-14(17(21)16(11-15)18(23)24)8-4-5-9-22-19(25)26-12-13-6-2-1-3-7-13/h1-4,6-8,10-11H,5,9,12,21H2,(H,22,25)(H,23,24). The van der Waals surface area contributed by atoms with E-state index in [1.165, 1.54) is 6.08 Å². The zero-order chi connectivity index (χ0) is 18.9. The molecule has 0 aliphatic heterocycles. The summed E-state index contributed by atoms with van der Waals surface area (Å²) in [5.41, 5.74) is 6.59. The lowest BCUT2D eigenvalue weighted by Gasteiger charge is -2.06. The van der Waals surface area contributed by atoms with Crippen molar-refractivity contribution >= 4 is 23.8 Å². The van der Waals surface area contributed by atoms with Gasteiger partial charge in [0, 0.05) is 12.1 Å². The van der Waals surface area contributed by atoms with Gasteiger partial charge in [-0.2, -0.15) is 0 Å². The van der Waals surface area contributed by atoms with Crippen LogP contribution >= 0.6 is 0 Å². The van der Waals surface area contributed by atoms with Gasteiger partial charge < -0.3 is 20.9 Å². The quantitative estimate of drug-likeness (QED) is 0.520. The molecule has 0 fully saturated rings. The second-order valence-electron chi connectivity index (χ2n) is 5.44. The van der Waals surface area contributed by atoms with E-state index in [2.05, 4.69) is 5.32 Å². The first-order valence-corrected chi connectivity index (χ1v) is 7.91. The molecule has 2 rings (SSSR count). The van der Waals surface area contributed by atoms with Crippen molar-refractivity contribution in [2.75, 3.05) is 12.3 Å². The normalized spacial score (nSPS) is 10.7. The Hall–Kier alpha value is -3.35. The van der Waals surface area contributed by atoms with Gasteiger partial charge in [0.05, 0.1) is 11.3 Å². The Morgan fingerprint density at radius 2 is 1.96 bits per heavy atom. The molecule has 4 N–H and O–H groups in total. The van der Waals surface area contributed by atoms with Gasteiger partial charge in [-0.15, -0.1) is 0 Å². The van der Waals surface area contributed by atoms with Gasteiger partial charge in [0.1, 0.15) is 12.4 Å². The second kappa shape index (κ2) is 9.22. The maximum absolute atomic E-state index is 13.4. The first-order valence-electron chi connectivity index (χ1n) is 7.91. The highest BCUT2D eigenvalue weighted by atomic mass is 19.1. The van der Waals surface area contributed by atoms with Crippen LogP contribution in [0.4, 0.5) is 14.9 Å². The van der Waals surface area contributed by atoms with Crippen molar-refractivity contribution in [3.63, 3.8) is 0 Å². The monoisotopic (exact) mass is 358 g/mol. The fraction of sp³-hybridized carbons (Fsp3) is 0.158. The molecule has 0 spiro atoms. The van der Waals surface area contributed by atoms with E-state index in [-0.39, 0.29) is 23.4 Å². The van der Waals surface area contributed by atoms with Crippen LogP contribution in [0.1, 0.15) is 27.9 Å². The van der Waals surface area contributed by atoms with Crippen molar-refractivity contribution in [2.24, 2.45) is 0 Å². The Morgan fingerprint density at radius 3 is 2.65 bits per heavy atom. The maximum Gasteiger partial charge on any atom is 0.407 e. The molecule has 2 aromatic rings. The minimum atomic E-state index is -1.29. The molecule has 6 nitrogen and oxygen atoms in total. The van der Waals surface area contributed by atoms with Gasteiger partial charge >= 0.3 is 12.1 Å². The van der Waals surface area contributed by atoms with Gasteiger partial charge in [0.25, 0.3) is 0 Å². The summed E-state index contributed by atoms with van der Waals surface area (Å²) < 4.78 is 18.5. The van der Waals surface area contributed by atoms with Crippen molar-refractivity contribution in [3.05, 3.63) is 71.0 Å². The SMILES string of the molecule is Nc1c(C=CCCNC(=O)OCc2ccccc2)cc(F)cc1C(=O)O. The number of ether oxygens (including phenoxy) is 1. The fourth-order valence-corrected chi connectivity index (χ4v) is 2.20. The van der Waals surface area contributed by atoms with Gasteiger partial charge in [0.15, 0.2) is 0 Å². The van der Waals surface area contributed by atoms with E-state index in [0.717, 1.165) is 17.7 Å². The van der Waals surface area contributed by atoms with Crippen molar-refractivity contribution < 1.29 is 23.8 Å². The molecule has 0 aromatic heterocycles. The van der Waals surface area contributed by atoms with E-state index in [9.17, 15) is 14.0 Å². The van der Waals surface area contributed by atoms with Crippen LogP contribution < -0.4 is 11.1 Å². The summed E-state index contributed by atoms with van der Waals surface area (Å²) in [5, 5.41) is 11.6. The van der Waals surface area contributed by atoms with Gasteiger partial charge in [-0.3, -0.25) is 0 Å². The van der Waals surface area contributed by atoms with Crippen LogP contribution in [0.3, 0.4) is 0 Å². The topological polar surface area (TPSA) is 102 Å². The fourth-order valence-electron chi connectivity index (χ4n) is 2.20. The predicted octanol–water partition coefficient (Wildman–Crippen LogP) is 3.44. The van der Waals surface area contributed by atoms with E-state index >= 15 is 0 Å². The highest BCUT2D eigenvalue weighted by Gasteiger charge is 2.12. The molecule has 1 amide bonds. The summed E-state index contributed by atoms with van der Waals surface area (Å²) in [7, 11) is 0. The van der Waals surface area contributed by atoms with Gasteiger partial charge in [-0.1, -0.05) is 42.5 Å². The van der Waals surface area contributed by atoms with Gasteiger partial charge in [-0.25, -0.2) is 14.0 Å². The highest BCUT2D eigenvalue weighted by molar-refractivity contribution is 5.95. The Kier molecular flexibility index (Phi) is 6.73. The molecule has 7 heteroatoms. The van der Waals surface area contributed by atoms with Gasteiger partial charge in [-0.05, 0) is 24.1 Å². The molecule has 0 saturated carbocycles. The molecule has 2 aromatic carbocycles. The average molecular weight is 358 g/mol. The number of alkyl carbamates (subject to hydrolysis) is 1. The highest BCUT2D eigenvalue weighted by Crippen LogP contribution is 2.21. The summed E-state index contributed by atoms with van der Waals surface area (Å²) in [6.07, 6.45) is 3.08. The third kappa shape index (κ3) is 5.62. The number of halogens is 1. The van der Waals surface area contributed by atoms with Crippen LogP contribution in [-0.4, -0.2) is 23.7 Å². The molecular weight excluding hydrogens is 339 g/mol. The largest absolute Gasteiger partial charge is 0.478 e. The summed E-state index contributed by atoms with van der Waals surface area (Å²) >= 11 is 0. The Morgan fingerprint density at radius 1 is 1.23 bits per heavy atom. The van der Waals surface area contributed by atoms with Crippen molar-refractivity contribution in [1.29, 1.82) is 0 Å². The summed E-state index contributed by atoms with van der Waals surface area (Å²) in [6.45, 7) is 0.492. The van der Waals surface area contributed by atoms with Crippen LogP contribution in [0, 0.1) is 5.82 Å². The average Bonchev–Trinajstić information content (AvgIpc) is 2.62. The molecule has 0 aliphatic carbocycles. The van der Waals surface area contributed by atoms with Crippen LogP contribution in [0.2, 0.25) is 0 Å². The number of carbonyl (C=O) groups is 2. The van der Waals surface area contributed by atoms with E-state index < -0.39 is 17.9 Å². The molecule has 0 radical (unpaired) electrons.